The van der Waals surface area contributed by atoms with E-state index in [4.69, 9.17) is 4.98 Å². The van der Waals surface area contributed by atoms with Gasteiger partial charge in [-0.25, -0.2) is 4.98 Å². The Morgan fingerprint density at radius 2 is 0.807 bits per heavy atom. The van der Waals surface area contributed by atoms with Gasteiger partial charge in [0.2, 0.25) is 0 Å². The highest BCUT2D eigenvalue weighted by Gasteiger charge is 2.31. The van der Waals surface area contributed by atoms with Gasteiger partial charge in [-0.3, -0.25) is 9.88 Å². The molecule has 0 radical (unpaired) electrons. The van der Waals surface area contributed by atoms with Crippen molar-refractivity contribution in [2.75, 3.05) is 4.90 Å². The second kappa shape index (κ2) is 13.6. The first-order valence-corrected chi connectivity index (χ1v) is 19.4. The van der Waals surface area contributed by atoms with Crippen molar-refractivity contribution in [3.63, 3.8) is 0 Å². The summed E-state index contributed by atoms with van der Waals surface area (Å²) in [5.74, 6) is 0.862. The Balaban J connectivity index is 1.07. The van der Waals surface area contributed by atoms with Crippen LogP contribution >= 0.6 is 0 Å². The van der Waals surface area contributed by atoms with Gasteiger partial charge in [0, 0.05) is 30.0 Å². The maximum atomic E-state index is 4.78. The second-order valence-corrected chi connectivity index (χ2v) is 14.5. The highest BCUT2D eigenvalue weighted by atomic mass is 15.2. The minimum absolute atomic E-state index is 0.862. The van der Waals surface area contributed by atoms with Crippen LogP contribution in [0.5, 0.6) is 0 Å². The van der Waals surface area contributed by atoms with Crippen LogP contribution in [-0.4, -0.2) is 9.97 Å². The number of hydrogen-bond acceptors (Lipinski definition) is 3. The average molecular weight is 726 g/mol. The lowest BCUT2D eigenvalue weighted by Crippen LogP contribution is -2.11. The van der Waals surface area contributed by atoms with Gasteiger partial charge in [-0.15, -0.1) is 0 Å². The van der Waals surface area contributed by atoms with Crippen LogP contribution in [-0.2, 0) is 0 Å². The van der Waals surface area contributed by atoms with E-state index in [1.807, 2.05) is 42.9 Å². The molecule has 1 aliphatic carbocycles. The maximum absolute atomic E-state index is 4.78. The number of hydrogen-bond donors (Lipinski definition) is 0. The summed E-state index contributed by atoms with van der Waals surface area (Å²) < 4.78 is 0. The number of rotatable bonds is 7. The number of nitrogens with zero attached hydrogens (tertiary/aromatic N) is 3. The third-order valence-corrected chi connectivity index (χ3v) is 11.4. The summed E-state index contributed by atoms with van der Waals surface area (Å²) in [6.07, 6.45) is 5.51. The first kappa shape index (κ1) is 32.8. The summed E-state index contributed by atoms with van der Waals surface area (Å²) in [7, 11) is 0. The van der Waals surface area contributed by atoms with Gasteiger partial charge in [-0.2, -0.15) is 0 Å². The van der Waals surface area contributed by atoms with Crippen LogP contribution < -0.4 is 4.90 Å². The highest BCUT2D eigenvalue weighted by molar-refractivity contribution is 6.28. The van der Waals surface area contributed by atoms with E-state index >= 15 is 0 Å². The molecule has 0 fully saturated rings. The van der Waals surface area contributed by atoms with E-state index in [1.165, 1.54) is 77.2 Å². The second-order valence-electron chi connectivity index (χ2n) is 14.5. The van der Waals surface area contributed by atoms with Gasteiger partial charge in [0.25, 0.3) is 0 Å². The molecule has 57 heavy (non-hydrogen) atoms. The lowest BCUT2D eigenvalue weighted by molar-refractivity contribution is 1.18. The van der Waals surface area contributed by atoms with Crippen LogP contribution in [0.25, 0.3) is 88.3 Å². The summed E-state index contributed by atoms with van der Waals surface area (Å²) in [6, 6.07) is 70.0. The number of fused-ring (bicyclic) bond motifs is 4. The molecule has 0 N–H and O–H groups in total. The molecule has 1 aliphatic rings. The Labute approximate surface area is 331 Å². The van der Waals surface area contributed by atoms with Crippen molar-refractivity contribution >= 4 is 38.7 Å². The molecule has 2 aromatic heterocycles. The zero-order chi connectivity index (χ0) is 37.7. The van der Waals surface area contributed by atoms with E-state index < -0.39 is 0 Å². The first-order chi connectivity index (χ1) is 28.3. The van der Waals surface area contributed by atoms with Crippen molar-refractivity contribution in [3.8, 4) is 66.8 Å². The van der Waals surface area contributed by atoms with Crippen molar-refractivity contribution in [1.29, 1.82) is 0 Å². The molecular formula is C54H35N3. The molecule has 8 aromatic carbocycles. The third-order valence-electron chi connectivity index (χ3n) is 11.4. The van der Waals surface area contributed by atoms with E-state index in [0.29, 0.717) is 0 Å². The van der Waals surface area contributed by atoms with Crippen molar-refractivity contribution in [3.05, 3.63) is 213 Å². The molecule has 0 amide bonds. The largest absolute Gasteiger partial charge is 0.295 e. The van der Waals surface area contributed by atoms with Crippen LogP contribution in [0.1, 0.15) is 0 Å². The van der Waals surface area contributed by atoms with Gasteiger partial charge >= 0.3 is 0 Å². The number of benzene rings is 8. The standard InChI is InChI=1S/C54H35N3/c1-3-12-39(13-4-1)50-45-16-7-8-17-46(45)51(40-14-5-2-6-15-40)54-48-30-29-43(44-18-11-19-47(52(44)48)53(50)54)38-23-27-42(28-24-38)57(49-20-9-10-33-56-49)41-25-21-36(22-26-41)37-31-34-55-35-32-37/h1-35H. The molecule has 0 spiro atoms. The summed E-state index contributed by atoms with van der Waals surface area (Å²) in [4.78, 5) is 11.2. The van der Waals surface area contributed by atoms with Crippen LogP contribution in [0.2, 0.25) is 0 Å². The Morgan fingerprint density at radius 1 is 0.298 bits per heavy atom. The fourth-order valence-corrected chi connectivity index (χ4v) is 8.90. The summed E-state index contributed by atoms with van der Waals surface area (Å²) in [6.45, 7) is 0. The molecule has 0 atom stereocenters. The van der Waals surface area contributed by atoms with E-state index in [1.54, 1.807) is 0 Å². The van der Waals surface area contributed by atoms with Crippen molar-refractivity contribution in [2.24, 2.45) is 0 Å². The fraction of sp³-hybridized carbons (Fsp3) is 0. The maximum Gasteiger partial charge on any atom is 0.137 e. The molecule has 10 aromatic rings. The zero-order valence-corrected chi connectivity index (χ0v) is 31.0. The SMILES string of the molecule is c1ccc(-c2c3c(c(-c4ccccc4)c4ccccc24)-c2ccc(-c4ccc(N(c5ccc(-c6ccncc6)cc5)c5ccccn5)cc4)c4cccc-3c24)cc1. The molecule has 0 unspecified atom stereocenters. The van der Waals surface area contributed by atoms with Crippen LogP contribution in [0.4, 0.5) is 17.2 Å². The molecule has 0 bridgehead atoms. The predicted octanol–water partition coefficient (Wildman–Crippen LogP) is 14.6. The Bertz CT molecular complexity index is 2980. The monoisotopic (exact) mass is 725 g/mol. The number of pyridine rings is 2. The van der Waals surface area contributed by atoms with E-state index in [9.17, 15) is 0 Å². The Morgan fingerprint density at radius 3 is 1.40 bits per heavy atom. The smallest absolute Gasteiger partial charge is 0.137 e. The molecule has 266 valence electrons. The summed E-state index contributed by atoms with van der Waals surface area (Å²) in [5.41, 5.74) is 17.0. The van der Waals surface area contributed by atoms with Crippen LogP contribution in [0, 0.1) is 0 Å². The quantitative estimate of drug-likeness (QED) is 0.164. The van der Waals surface area contributed by atoms with Gasteiger partial charge in [-0.1, -0.05) is 146 Å². The Kier molecular flexibility index (Phi) is 7.82. The molecule has 3 nitrogen and oxygen atoms in total. The third kappa shape index (κ3) is 5.43. The van der Waals surface area contributed by atoms with E-state index in [0.717, 1.165) is 28.3 Å². The molecular weight excluding hydrogens is 691 g/mol. The average Bonchev–Trinajstić information content (AvgIpc) is 3.62. The summed E-state index contributed by atoms with van der Waals surface area (Å²) in [5, 5.41) is 5.10. The van der Waals surface area contributed by atoms with Crippen LogP contribution in [0.3, 0.4) is 0 Å². The highest BCUT2D eigenvalue weighted by Crippen LogP contribution is 2.58. The topological polar surface area (TPSA) is 29.0 Å². The Hall–Kier alpha value is -7.62. The zero-order valence-electron chi connectivity index (χ0n) is 31.0. The van der Waals surface area contributed by atoms with Gasteiger partial charge < -0.3 is 0 Å². The van der Waals surface area contributed by atoms with E-state index in [2.05, 4.69) is 180 Å². The van der Waals surface area contributed by atoms with Crippen molar-refractivity contribution in [1.82, 2.24) is 9.97 Å². The fourth-order valence-electron chi connectivity index (χ4n) is 8.90. The first-order valence-electron chi connectivity index (χ1n) is 19.4. The molecule has 11 rings (SSSR count). The predicted molar refractivity (Wildman–Crippen MR) is 238 cm³/mol. The normalized spacial score (nSPS) is 11.5. The molecule has 0 saturated heterocycles. The van der Waals surface area contributed by atoms with Crippen LogP contribution in [0.15, 0.2) is 213 Å². The van der Waals surface area contributed by atoms with Gasteiger partial charge in [0.15, 0.2) is 0 Å². The molecule has 0 aliphatic heterocycles. The molecule has 0 saturated carbocycles. The lowest BCUT2D eigenvalue weighted by atomic mass is 9.82. The summed E-state index contributed by atoms with van der Waals surface area (Å²) >= 11 is 0. The minimum Gasteiger partial charge on any atom is -0.295 e. The minimum atomic E-state index is 0.862. The van der Waals surface area contributed by atoms with E-state index in [-0.39, 0.29) is 0 Å². The van der Waals surface area contributed by atoms with Crippen molar-refractivity contribution in [2.45, 2.75) is 0 Å². The molecule has 3 heteroatoms. The number of aromatic nitrogens is 2. The number of anilines is 3. The van der Waals surface area contributed by atoms with Gasteiger partial charge in [-0.05, 0) is 137 Å². The van der Waals surface area contributed by atoms with Gasteiger partial charge in [0.05, 0.1) is 0 Å². The molecule has 2 heterocycles. The lowest BCUT2D eigenvalue weighted by Gasteiger charge is -2.24. The van der Waals surface area contributed by atoms with Gasteiger partial charge in [0.1, 0.15) is 5.82 Å². The van der Waals surface area contributed by atoms with Crippen molar-refractivity contribution < 1.29 is 0 Å².